The lowest BCUT2D eigenvalue weighted by atomic mass is 10.2. The minimum atomic E-state index is -0.559. The summed E-state index contributed by atoms with van der Waals surface area (Å²) in [6.07, 6.45) is 1.51. The minimum absolute atomic E-state index is 0.0931. The first kappa shape index (κ1) is 13.8. The van der Waals surface area contributed by atoms with Crippen molar-refractivity contribution in [2.24, 2.45) is 5.73 Å². The van der Waals surface area contributed by atoms with Crippen molar-refractivity contribution in [2.75, 3.05) is 32.5 Å². The van der Waals surface area contributed by atoms with Gasteiger partial charge in [0.05, 0.1) is 5.56 Å². The Bertz CT molecular complexity index is 416. The van der Waals surface area contributed by atoms with Gasteiger partial charge < -0.3 is 21.3 Å². The highest BCUT2D eigenvalue weighted by Gasteiger charge is 2.07. The molecule has 0 spiro atoms. The van der Waals surface area contributed by atoms with Gasteiger partial charge in [0.25, 0.3) is 5.91 Å². The molecule has 0 aliphatic carbocycles. The molecule has 18 heavy (non-hydrogen) atoms. The smallest absolute Gasteiger partial charge is 0.312 e. The number of rotatable bonds is 5. The van der Waals surface area contributed by atoms with Crippen LogP contribution in [0.4, 0.5) is 10.6 Å². The second-order valence-electron chi connectivity index (χ2n) is 3.85. The first-order chi connectivity index (χ1) is 8.50. The average molecular weight is 251 g/mol. The topological polar surface area (TPSA) is 100 Å². The molecule has 0 aliphatic rings. The van der Waals surface area contributed by atoms with Crippen LogP contribution in [0.15, 0.2) is 18.3 Å². The average Bonchev–Trinajstić information content (AvgIpc) is 2.34. The molecule has 1 aromatic rings. The van der Waals surface area contributed by atoms with Gasteiger partial charge in [-0.15, -0.1) is 0 Å². The number of aromatic nitrogens is 1. The Labute approximate surface area is 105 Å². The summed E-state index contributed by atoms with van der Waals surface area (Å²) in [4.78, 5) is 27.6. The lowest BCUT2D eigenvalue weighted by molar-refractivity contribution is 0.0827. The van der Waals surface area contributed by atoms with Crippen LogP contribution < -0.4 is 16.4 Å². The molecule has 0 fully saturated rings. The summed E-state index contributed by atoms with van der Waals surface area (Å²) in [6.45, 7) is 0.923. The summed E-state index contributed by atoms with van der Waals surface area (Å²) in [6, 6.07) is 2.84. The van der Waals surface area contributed by atoms with E-state index in [0.717, 1.165) is 0 Å². The van der Waals surface area contributed by atoms with Crippen LogP contribution in [0.1, 0.15) is 10.4 Å². The number of carbonyl (C=O) groups excluding carboxylic acids is 2. The van der Waals surface area contributed by atoms with E-state index in [4.69, 9.17) is 5.73 Å². The maximum absolute atomic E-state index is 11.6. The normalized spacial score (nSPS) is 9.67. The molecule has 4 N–H and O–H groups in total. The van der Waals surface area contributed by atoms with Gasteiger partial charge in [-0.3, -0.25) is 4.79 Å². The molecule has 0 saturated carbocycles. The molecule has 1 rings (SSSR count). The highest BCUT2D eigenvalue weighted by molar-refractivity contribution is 5.93. The van der Waals surface area contributed by atoms with Crippen molar-refractivity contribution < 1.29 is 9.59 Å². The Morgan fingerprint density at radius 3 is 2.56 bits per heavy atom. The second-order valence-corrected chi connectivity index (χ2v) is 3.85. The number of urea groups is 1. The number of primary amides is 1. The van der Waals surface area contributed by atoms with Crippen LogP contribution in [-0.2, 0) is 0 Å². The lowest BCUT2D eigenvalue weighted by Crippen LogP contribution is -2.33. The van der Waals surface area contributed by atoms with Gasteiger partial charge in [0, 0.05) is 33.4 Å². The van der Waals surface area contributed by atoms with Crippen molar-refractivity contribution >= 4 is 17.8 Å². The third kappa shape index (κ3) is 4.28. The van der Waals surface area contributed by atoms with Crippen molar-refractivity contribution in [1.82, 2.24) is 15.2 Å². The number of nitrogens with two attached hydrogens (primary N) is 1. The third-order valence-corrected chi connectivity index (χ3v) is 2.15. The van der Waals surface area contributed by atoms with Gasteiger partial charge in [-0.2, -0.15) is 0 Å². The zero-order chi connectivity index (χ0) is 13.5. The quantitative estimate of drug-likeness (QED) is 0.634. The third-order valence-electron chi connectivity index (χ3n) is 2.15. The fraction of sp³-hybridized carbons (Fsp3) is 0.364. The molecule has 0 aliphatic heterocycles. The number of anilines is 1. The standard InChI is InChI=1S/C11H17N5O2/c1-16(2)10(17)8-3-4-9(15-7-8)13-5-6-14-11(12)18/h3-4,7H,5-6H2,1-2H3,(H,13,15)(H3,12,14,18). The SMILES string of the molecule is CN(C)C(=O)c1ccc(NCCNC(N)=O)nc1. The number of hydrogen-bond acceptors (Lipinski definition) is 4. The number of nitrogens with one attached hydrogen (secondary N) is 2. The van der Waals surface area contributed by atoms with Crippen LogP contribution in [0.25, 0.3) is 0 Å². The van der Waals surface area contributed by atoms with E-state index in [-0.39, 0.29) is 5.91 Å². The molecular weight excluding hydrogens is 234 g/mol. The highest BCUT2D eigenvalue weighted by atomic mass is 16.2. The predicted molar refractivity (Wildman–Crippen MR) is 68.3 cm³/mol. The predicted octanol–water partition coefficient (Wildman–Crippen LogP) is -0.136. The van der Waals surface area contributed by atoms with Gasteiger partial charge in [-0.25, -0.2) is 9.78 Å². The second kappa shape index (κ2) is 6.43. The number of carbonyl (C=O) groups is 2. The van der Waals surface area contributed by atoms with Gasteiger partial charge in [0.15, 0.2) is 0 Å². The Kier molecular flexibility index (Phi) is 4.91. The van der Waals surface area contributed by atoms with Gasteiger partial charge in [-0.05, 0) is 12.1 Å². The van der Waals surface area contributed by atoms with Crippen molar-refractivity contribution in [3.63, 3.8) is 0 Å². The van der Waals surface area contributed by atoms with Crippen LogP contribution in [0, 0.1) is 0 Å². The molecule has 7 nitrogen and oxygen atoms in total. The van der Waals surface area contributed by atoms with E-state index >= 15 is 0 Å². The van der Waals surface area contributed by atoms with E-state index < -0.39 is 6.03 Å². The summed E-state index contributed by atoms with van der Waals surface area (Å²) < 4.78 is 0. The Morgan fingerprint density at radius 2 is 2.06 bits per heavy atom. The first-order valence-corrected chi connectivity index (χ1v) is 5.45. The van der Waals surface area contributed by atoms with Gasteiger partial charge in [0.2, 0.25) is 0 Å². The molecule has 0 atom stereocenters. The molecule has 0 bridgehead atoms. The molecule has 3 amide bonds. The maximum atomic E-state index is 11.6. The van der Waals surface area contributed by atoms with Crippen molar-refractivity contribution in [2.45, 2.75) is 0 Å². The molecule has 0 radical (unpaired) electrons. The summed E-state index contributed by atoms with van der Waals surface area (Å²) >= 11 is 0. The first-order valence-electron chi connectivity index (χ1n) is 5.45. The van der Waals surface area contributed by atoms with E-state index in [0.29, 0.717) is 24.5 Å². The largest absolute Gasteiger partial charge is 0.368 e. The highest BCUT2D eigenvalue weighted by Crippen LogP contribution is 2.06. The minimum Gasteiger partial charge on any atom is -0.368 e. The molecule has 0 saturated heterocycles. The van der Waals surface area contributed by atoms with Crippen LogP contribution in [0.3, 0.4) is 0 Å². The van der Waals surface area contributed by atoms with Crippen LogP contribution >= 0.6 is 0 Å². The van der Waals surface area contributed by atoms with E-state index in [2.05, 4.69) is 15.6 Å². The fourth-order valence-corrected chi connectivity index (χ4v) is 1.26. The number of amides is 3. The Balaban J connectivity index is 2.45. The Hall–Kier alpha value is -2.31. The molecule has 1 aromatic heterocycles. The lowest BCUT2D eigenvalue weighted by Gasteiger charge is -2.10. The Morgan fingerprint density at radius 1 is 1.33 bits per heavy atom. The zero-order valence-electron chi connectivity index (χ0n) is 10.4. The number of nitrogens with zero attached hydrogens (tertiary/aromatic N) is 2. The molecular formula is C11H17N5O2. The molecule has 98 valence electrons. The van der Waals surface area contributed by atoms with E-state index in [1.54, 1.807) is 26.2 Å². The molecule has 0 aromatic carbocycles. The molecule has 7 heteroatoms. The molecule has 0 unspecified atom stereocenters. The summed E-state index contributed by atoms with van der Waals surface area (Å²) in [5.41, 5.74) is 5.45. The van der Waals surface area contributed by atoms with E-state index in [1.807, 2.05) is 0 Å². The monoisotopic (exact) mass is 251 g/mol. The van der Waals surface area contributed by atoms with E-state index in [9.17, 15) is 9.59 Å². The van der Waals surface area contributed by atoms with Gasteiger partial charge >= 0.3 is 6.03 Å². The van der Waals surface area contributed by atoms with Crippen LogP contribution in [0.5, 0.6) is 0 Å². The summed E-state index contributed by atoms with van der Waals surface area (Å²) in [5.74, 6) is 0.543. The maximum Gasteiger partial charge on any atom is 0.312 e. The van der Waals surface area contributed by atoms with E-state index in [1.165, 1.54) is 11.1 Å². The van der Waals surface area contributed by atoms with Crippen LogP contribution in [-0.4, -0.2) is 49.0 Å². The zero-order valence-corrected chi connectivity index (χ0v) is 10.4. The van der Waals surface area contributed by atoms with Crippen LogP contribution in [0.2, 0.25) is 0 Å². The van der Waals surface area contributed by atoms with Crippen molar-refractivity contribution in [3.8, 4) is 0 Å². The molecule has 1 heterocycles. The van der Waals surface area contributed by atoms with Crippen molar-refractivity contribution in [3.05, 3.63) is 23.9 Å². The van der Waals surface area contributed by atoms with Gasteiger partial charge in [-0.1, -0.05) is 0 Å². The van der Waals surface area contributed by atoms with Crippen molar-refractivity contribution in [1.29, 1.82) is 0 Å². The number of hydrogen-bond donors (Lipinski definition) is 3. The van der Waals surface area contributed by atoms with Gasteiger partial charge in [0.1, 0.15) is 5.82 Å². The number of pyridine rings is 1. The fourth-order valence-electron chi connectivity index (χ4n) is 1.26. The summed E-state index contributed by atoms with van der Waals surface area (Å²) in [7, 11) is 3.37. The summed E-state index contributed by atoms with van der Waals surface area (Å²) in [5, 5.41) is 5.44.